The highest BCUT2D eigenvalue weighted by Crippen LogP contribution is 2.25. The van der Waals surface area contributed by atoms with Gasteiger partial charge in [0, 0.05) is 23.6 Å². The molecule has 1 aromatic carbocycles. The second-order valence-corrected chi connectivity index (χ2v) is 6.34. The van der Waals surface area contributed by atoms with Crippen LogP contribution in [0.5, 0.6) is 0 Å². The zero-order chi connectivity index (χ0) is 16.0. The van der Waals surface area contributed by atoms with Gasteiger partial charge in [-0.05, 0) is 38.8 Å². The maximum absolute atomic E-state index is 13.3. The van der Waals surface area contributed by atoms with Crippen LogP contribution in [0.4, 0.5) is 10.2 Å². The topological polar surface area (TPSA) is 51.5 Å². The molecule has 5 nitrogen and oxygen atoms in total. The molecule has 2 aromatic heterocycles. The average molecular weight is 314 g/mol. The van der Waals surface area contributed by atoms with E-state index in [-0.39, 0.29) is 18.0 Å². The molecule has 0 aliphatic carbocycles. The SMILES string of the molecule is CC1CC(Nc2cc3c4ccc(F)cc4nn3cn2)CC(C)O1. The molecule has 0 bridgehead atoms. The van der Waals surface area contributed by atoms with Gasteiger partial charge in [-0.2, -0.15) is 5.10 Å². The number of fused-ring (bicyclic) bond motifs is 3. The van der Waals surface area contributed by atoms with Crippen LogP contribution in [0.25, 0.3) is 16.4 Å². The first-order valence-corrected chi connectivity index (χ1v) is 7.94. The first-order chi connectivity index (χ1) is 11.1. The maximum atomic E-state index is 13.3. The lowest BCUT2D eigenvalue weighted by molar-refractivity contribution is -0.0338. The van der Waals surface area contributed by atoms with Crippen molar-refractivity contribution >= 4 is 22.2 Å². The van der Waals surface area contributed by atoms with Gasteiger partial charge in [-0.15, -0.1) is 0 Å². The molecular weight excluding hydrogens is 295 g/mol. The fraction of sp³-hybridized carbons (Fsp3) is 0.412. The standard InChI is InChI=1S/C17H19FN4O/c1-10-5-13(6-11(2)23-10)20-17-8-16-14-4-3-12(18)7-15(14)21-22(16)9-19-17/h3-4,7-11,13,20H,5-6H2,1-2H3. The fourth-order valence-corrected chi connectivity index (χ4v) is 3.42. The summed E-state index contributed by atoms with van der Waals surface area (Å²) in [5, 5.41) is 8.77. The molecule has 3 heterocycles. The molecule has 0 spiro atoms. The van der Waals surface area contributed by atoms with Crippen molar-refractivity contribution in [3.63, 3.8) is 0 Å². The highest BCUT2D eigenvalue weighted by molar-refractivity contribution is 5.94. The van der Waals surface area contributed by atoms with Crippen molar-refractivity contribution in [2.75, 3.05) is 5.32 Å². The minimum atomic E-state index is -0.280. The van der Waals surface area contributed by atoms with E-state index < -0.39 is 0 Å². The summed E-state index contributed by atoms with van der Waals surface area (Å²) >= 11 is 0. The van der Waals surface area contributed by atoms with Crippen LogP contribution in [0, 0.1) is 5.82 Å². The lowest BCUT2D eigenvalue weighted by Gasteiger charge is -2.32. The third-order valence-electron chi connectivity index (χ3n) is 4.33. The van der Waals surface area contributed by atoms with Crippen LogP contribution in [-0.2, 0) is 4.74 Å². The summed E-state index contributed by atoms with van der Waals surface area (Å²) in [5.41, 5.74) is 1.56. The quantitative estimate of drug-likeness (QED) is 0.788. The molecule has 1 aliphatic rings. The fourth-order valence-electron chi connectivity index (χ4n) is 3.42. The number of anilines is 1. The van der Waals surface area contributed by atoms with Crippen molar-refractivity contribution in [2.24, 2.45) is 0 Å². The number of rotatable bonds is 2. The Hall–Kier alpha value is -2.21. The smallest absolute Gasteiger partial charge is 0.130 e. The maximum Gasteiger partial charge on any atom is 0.130 e. The number of ether oxygens (including phenoxy) is 1. The molecule has 120 valence electrons. The van der Waals surface area contributed by atoms with E-state index in [1.54, 1.807) is 16.9 Å². The van der Waals surface area contributed by atoms with Crippen molar-refractivity contribution in [1.82, 2.24) is 14.6 Å². The van der Waals surface area contributed by atoms with Crippen molar-refractivity contribution < 1.29 is 9.13 Å². The van der Waals surface area contributed by atoms with Crippen molar-refractivity contribution in [1.29, 1.82) is 0 Å². The van der Waals surface area contributed by atoms with E-state index in [9.17, 15) is 4.39 Å². The van der Waals surface area contributed by atoms with Crippen molar-refractivity contribution in [3.8, 4) is 0 Å². The van der Waals surface area contributed by atoms with Gasteiger partial charge in [-0.3, -0.25) is 0 Å². The van der Waals surface area contributed by atoms with Gasteiger partial charge in [0.1, 0.15) is 18.0 Å². The molecule has 0 radical (unpaired) electrons. The Morgan fingerprint density at radius 1 is 1.22 bits per heavy atom. The third-order valence-corrected chi connectivity index (χ3v) is 4.33. The third kappa shape index (κ3) is 2.74. The van der Waals surface area contributed by atoms with Crippen LogP contribution in [0.15, 0.2) is 30.6 Å². The van der Waals surface area contributed by atoms with Gasteiger partial charge in [-0.25, -0.2) is 13.9 Å². The van der Waals surface area contributed by atoms with E-state index >= 15 is 0 Å². The predicted octanol–water partition coefficient (Wildman–Crippen LogP) is 3.39. The molecule has 6 heteroatoms. The second kappa shape index (κ2) is 5.45. The van der Waals surface area contributed by atoms with E-state index in [4.69, 9.17) is 4.74 Å². The number of halogens is 1. The highest BCUT2D eigenvalue weighted by atomic mass is 19.1. The molecule has 2 atom stereocenters. The monoisotopic (exact) mass is 314 g/mol. The van der Waals surface area contributed by atoms with Crippen LogP contribution >= 0.6 is 0 Å². The normalized spacial score (nSPS) is 25.1. The minimum Gasteiger partial charge on any atom is -0.375 e. The highest BCUT2D eigenvalue weighted by Gasteiger charge is 2.24. The number of aromatic nitrogens is 3. The Labute approximate surface area is 133 Å². The van der Waals surface area contributed by atoms with Crippen molar-refractivity contribution in [2.45, 2.75) is 44.9 Å². The summed E-state index contributed by atoms with van der Waals surface area (Å²) in [6.07, 6.45) is 4.09. The second-order valence-electron chi connectivity index (χ2n) is 6.34. The zero-order valence-electron chi connectivity index (χ0n) is 13.2. The molecular formula is C17H19FN4O. The van der Waals surface area contributed by atoms with E-state index in [0.717, 1.165) is 29.6 Å². The lowest BCUT2D eigenvalue weighted by atomic mass is 10.00. The lowest BCUT2D eigenvalue weighted by Crippen LogP contribution is -2.37. The van der Waals surface area contributed by atoms with E-state index in [2.05, 4.69) is 29.2 Å². The van der Waals surface area contributed by atoms with Crippen molar-refractivity contribution in [3.05, 3.63) is 36.4 Å². The largest absolute Gasteiger partial charge is 0.375 e. The molecule has 3 aromatic rings. The summed E-state index contributed by atoms with van der Waals surface area (Å²) in [6.45, 7) is 4.19. The Bertz CT molecular complexity index is 852. The first kappa shape index (κ1) is 14.4. The van der Waals surface area contributed by atoms with Gasteiger partial charge in [0.15, 0.2) is 0 Å². The molecule has 1 N–H and O–H groups in total. The van der Waals surface area contributed by atoms with Gasteiger partial charge >= 0.3 is 0 Å². The number of hydrogen-bond acceptors (Lipinski definition) is 4. The van der Waals surface area contributed by atoms with E-state index in [0.29, 0.717) is 11.6 Å². The molecule has 23 heavy (non-hydrogen) atoms. The predicted molar refractivity (Wildman–Crippen MR) is 87.1 cm³/mol. The number of nitrogens with zero attached hydrogens (tertiary/aromatic N) is 3. The Kier molecular flexibility index (Phi) is 3.41. The molecule has 1 saturated heterocycles. The summed E-state index contributed by atoms with van der Waals surface area (Å²) in [5.74, 6) is 0.535. The van der Waals surface area contributed by atoms with Crippen LogP contribution in [0.1, 0.15) is 26.7 Å². The van der Waals surface area contributed by atoms with Crippen LogP contribution in [-0.4, -0.2) is 32.8 Å². The Morgan fingerprint density at radius 3 is 2.78 bits per heavy atom. The van der Waals surface area contributed by atoms with Gasteiger partial charge in [-0.1, -0.05) is 0 Å². The molecule has 1 aliphatic heterocycles. The van der Waals surface area contributed by atoms with Gasteiger partial charge in [0.05, 0.1) is 23.2 Å². The van der Waals surface area contributed by atoms with Crippen LogP contribution in [0.3, 0.4) is 0 Å². The molecule has 0 saturated carbocycles. The van der Waals surface area contributed by atoms with Crippen LogP contribution < -0.4 is 5.32 Å². The number of nitrogens with one attached hydrogen (secondary N) is 1. The van der Waals surface area contributed by atoms with Gasteiger partial charge in [0.2, 0.25) is 0 Å². The molecule has 2 unspecified atom stereocenters. The Morgan fingerprint density at radius 2 is 2.00 bits per heavy atom. The summed E-state index contributed by atoms with van der Waals surface area (Å²) in [4.78, 5) is 4.42. The summed E-state index contributed by atoms with van der Waals surface area (Å²) < 4.78 is 20.8. The Balaban J connectivity index is 1.67. The number of hydrogen-bond donors (Lipinski definition) is 1. The molecule has 4 rings (SSSR count). The summed E-state index contributed by atoms with van der Waals surface area (Å²) in [6, 6.07) is 6.97. The average Bonchev–Trinajstić information content (AvgIpc) is 2.83. The zero-order valence-corrected chi connectivity index (χ0v) is 13.2. The summed E-state index contributed by atoms with van der Waals surface area (Å²) in [7, 11) is 0. The first-order valence-electron chi connectivity index (χ1n) is 7.94. The van der Waals surface area contributed by atoms with Crippen LogP contribution in [0.2, 0.25) is 0 Å². The van der Waals surface area contributed by atoms with Gasteiger partial charge in [0.25, 0.3) is 0 Å². The molecule has 0 amide bonds. The molecule has 1 fully saturated rings. The minimum absolute atomic E-state index is 0.249. The van der Waals surface area contributed by atoms with Gasteiger partial charge < -0.3 is 10.1 Å². The number of benzene rings is 1. The van der Waals surface area contributed by atoms with E-state index in [1.165, 1.54) is 12.1 Å². The van der Waals surface area contributed by atoms with E-state index in [1.807, 2.05) is 6.07 Å².